The maximum Gasteiger partial charge on any atom is 0.332 e. The predicted octanol–water partition coefficient (Wildman–Crippen LogP) is 1.36. The van der Waals surface area contributed by atoms with Crippen LogP contribution in [0.25, 0.3) is 0 Å². The lowest BCUT2D eigenvalue weighted by atomic mass is 9.95. The van der Waals surface area contributed by atoms with Crippen molar-refractivity contribution in [3.8, 4) is 0 Å². The highest BCUT2D eigenvalue weighted by Gasteiger charge is 2.15. The number of hydrogen-bond acceptors (Lipinski definition) is 5. The molecule has 1 rings (SSSR count). The molecular weight excluding hydrogens is 310 g/mol. The van der Waals surface area contributed by atoms with Crippen LogP contribution in [0.1, 0.15) is 32.3 Å². The number of aldehydes is 1. The summed E-state index contributed by atoms with van der Waals surface area (Å²) in [5.74, 6) is 0.239. The van der Waals surface area contributed by atoms with Crippen molar-refractivity contribution in [3.63, 3.8) is 0 Å². The predicted molar refractivity (Wildman–Crippen MR) is 94.3 cm³/mol. The van der Waals surface area contributed by atoms with Crippen molar-refractivity contribution in [2.24, 2.45) is 30.9 Å². The second kappa shape index (κ2) is 9.32. The molecule has 24 heavy (non-hydrogen) atoms. The average Bonchev–Trinajstić information content (AvgIpc) is 2.59. The van der Waals surface area contributed by atoms with Crippen molar-refractivity contribution in [3.05, 3.63) is 26.4 Å². The first-order valence-corrected chi connectivity index (χ1v) is 8.21. The van der Waals surface area contributed by atoms with Crippen LogP contribution in [0.5, 0.6) is 0 Å². The summed E-state index contributed by atoms with van der Waals surface area (Å²) >= 11 is 0. The van der Waals surface area contributed by atoms with E-state index in [-0.39, 0.29) is 17.4 Å². The third-order valence-electron chi connectivity index (χ3n) is 4.12. The van der Waals surface area contributed by atoms with Crippen LogP contribution in [-0.2, 0) is 23.6 Å². The molecular formula is C17H27N3O4. The molecule has 0 N–H and O–H groups in total. The lowest BCUT2D eigenvalue weighted by Gasteiger charge is -2.15. The van der Waals surface area contributed by atoms with E-state index >= 15 is 0 Å². The number of rotatable bonds is 9. The summed E-state index contributed by atoms with van der Waals surface area (Å²) in [4.78, 5) is 39.6. The molecule has 7 heteroatoms. The number of carbonyl (C=O) groups is 1. The number of carbonyl (C=O) groups excluding carboxylic acids is 1. The number of nitrogens with zero attached hydrogens (tertiary/aromatic N) is 3. The van der Waals surface area contributed by atoms with Gasteiger partial charge in [0.15, 0.2) is 0 Å². The zero-order chi connectivity index (χ0) is 18.3. The summed E-state index contributed by atoms with van der Waals surface area (Å²) in [7, 11) is 3.04. The van der Waals surface area contributed by atoms with E-state index in [4.69, 9.17) is 4.74 Å². The molecule has 1 aromatic heterocycles. The fourth-order valence-corrected chi connectivity index (χ4v) is 2.51. The van der Waals surface area contributed by atoms with Crippen molar-refractivity contribution in [1.29, 1.82) is 0 Å². The molecule has 0 fully saturated rings. The molecule has 0 radical (unpaired) electrons. The Morgan fingerprint density at radius 2 is 1.83 bits per heavy atom. The SMILES string of the molecule is CCOCC(C=O)CC(C=Nc1c(C)c(=O)n(C)c(=O)n1C)CC. The van der Waals surface area contributed by atoms with E-state index in [1.54, 1.807) is 20.2 Å². The highest BCUT2D eigenvalue weighted by molar-refractivity contribution is 5.66. The summed E-state index contributed by atoms with van der Waals surface area (Å²) < 4.78 is 7.74. The molecule has 1 aromatic rings. The molecule has 0 bridgehead atoms. The van der Waals surface area contributed by atoms with E-state index in [1.807, 2.05) is 13.8 Å². The Morgan fingerprint density at radius 1 is 1.17 bits per heavy atom. The van der Waals surface area contributed by atoms with Gasteiger partial charge in [-0.05, 0) is 32.6 Å². The van der Waals surface area contributed by atoms with Crippen molar-refractivity contribution >= 4 is 18.3 Å². The average molecular weight is 337 g/mol. The van der Waals surface area contributed by atoms with Crippen molar-refractivity contribution in [2.75, 3.05) is 13.2 Å². The topological polar surface area (TPSA) is 82.7 Å². The summed E-state index contributed by atoms with van der Waals surface area (Å²) in [5.41, 5.74) is -0.333. The summed E-state index contributed by atoms with van der Waals surface area (Å²) in [6.07, 6.45) is 4.06. The van der Waals surface area contributed by atoms with Crippen LogP contribution < -0.4 is 11.2 Å². The third-order valence-corrected chi connectivity index (χ3v) is 4.12. The van der Waals surface area contributed by atoms with Gasteiger partial charge in [-0.3, -0.25) is 13.9 Å². The minimum atomic E-state index is -0.409. The second-order valence-electron chi connectivity index (χ2n) is 5.89. The maximum absolute atomic E-state index is 12.0. The minimum Gasteiger partial charge on any atom is -0.381 e. The highest BCUT2D eigenvalue weighted by atomic mass is 16.5. The van der Waals surface area contributed by atoms with Crippen molar-refractivity contribution < 1.29 is 9.53 Å². The molecule has 7 nitrogen and oxygen atoms in total. The maximum atomic E-state index is 12.0. The van der Waals surface area contributed by atoms with Gasteiger partial charge in [-0.2, -0.15) is 0 Å². The monoisotopic (exact) mass is 337 g/mol. The lowest BCUT2D eigenvalue weighted by Crippen LogP contribution is -2.38. The Bertz CT molecular complexity index is 666. The van der Waals surface area contributed by atoms with Crippen LogP contribution >= 0.6 is 0 Å². The van der Waals surface area contributed by atoms with Crippen LogP contribution in [0, 0.1) is 18.8 Å². The second-order valence-corrected chi connectivity index (χ2v) is 5.89. The first kappa shape index (κ1) is 20.0. The first-order chi connectivity index (χ1) is 11.4. The fourth-order valence-electron chi connectivity index (χ4n) is 2.51. The van der Waals surface area contributed by atoms with Gasteiger partial charge < -0.3 is 9.53 Å². The van der Waals surface area contributed by atoms with Gasteiger partial charge in [0.25, 0.3) is 5.56 Å². The smallest absolute Gasteiger partial charge is 0.332 e. The Balaban J connectivity index is 3.04. The van der Waals surface area contributed by atoms with E-state index in [2.05, 4.69) is 4.99 Å². The third kappa shape index (κ3) is 4.74. The zero-order valence-corrected chi connectivity index (χ0v) is 15.1. The Hall–Kier alpha value is -2.02. The van der Waals surface area contributed by atoms with Crippen LogP contribution in [0.4, 0.5) is 5.82 Å². The summed E-state index contributed by atoms with van der Waals surface area (Å²) in [6, 6.07) is 0. The molecule has 2 atom stereocenters. The van der Waals surface area contributed by atoms with Crippen LogP contribution in [0.2, 0.25) is 0 Å². The van der Waals surface area contributed by atoms with Gasteiger partial charge in [0.05, 0.1) is 12.2 Å². The Labute approximate surface area is 142 Å². The normalized spacial score (nSPS) is 14.0. The molecule has 0 saturated carbocycles. The molecule has 0 aliphatic rings. The van der Waals surface area contributed by atoms with Crippen LogP contribution in [0.3, 0.4) is 0 Å². The van der Waals surface area contributed by atoms with E-state index in [9.17, 15) is 14.4 Å². The Kier molecular flexibility index (Phi) is 7.78. The van der Waals surface area contributed by atoms with Crippen LogP contribution in [0.15, 0.2) is 14.6 Å². The lowest BCUT2D eigenvalue weighted by molar-refractivity contribution is -0.113. The van der Waals surface area contributed by atoms with E-state index in [0.717, 1.165) is 17.3 Å². The molecule has 2 unspecified atom stereocenters. The number of hydrogen-bond donors (Lipinski definition) is 0. The molecule has 0 spiro atoms. The standard InChI is InChI=1S/C17H27N3O4/c1-6-13(8-14(10-21)11-24-7-2)9-18-15-12(3)16(22)20(5)17(23)19(15)4/h9-10,13-14H,6-8,11H2,1-5H3. The fraction of sp³-hybridized carbons (Fsp3) is 0.647. The number of aliphatic imine (C=N–C) groups is 1. The largest absolute Gasteiger partial charge is 0.381 e. The molecule has 0 aliphatic heterocycles. The van der Waals surface area contributed by atoms with E-state index in [0.29, 0.717) is 31.0 Å². The van der Waals surface area contributed by atoms with Crippen molar-refractivity contribution in [2.45, 2.75) is 33.6 Å². The molecule has 0 aromatic carbocycles. The molecule has 1 heterocycles. The number of ether oxygens (including phenoxy) is 1. The van der Waals surface area contributed by atoms with Crippen LogP contribution in [-0.4, -0.2) is 34.8 Å². The zero-order valence-electron chi connectivity index (χ0n) is 15.1. The molecule has 134 valence electrons. The van der Waals surface area contributed by atoms with Gasteiger partial charge in [0.1, 0.15) is 12.1 Å². The molecule has 0 aliphatic carbocycles. The van der Waals surface area contributed by atoms with Gasteiger partial charge in [0, 0.05) is 32.8 Å². The summed E-state index contributed by atoms with van der Waals surface area (Å²) in [6.45, 7) is 6.52. The van der Waals surface area contributed by atoms with Gasteiger partial charge in [-0.15, -0.1) is 0 Å². The van der Waals surface area contributed by atoms with Crippen molar-refractivity contribution in [1.82, 2.24) is 9.13 Å². The molecule has 0 saturated heterocycles. The van der Waals surface area contributed by atoms with E-state index in [1.165, 1.54) is 11.6 Å². The van der Waals surface area contributed by atoms with Gasteiger partial charge in [-0.25, -0.2) is 9.79 Å². The van der Waals surface area contributed by atoms with Gasteiger partial charge in [-0.1, -0.05) is 6.92 Å². The Morgan fingerprint density at radius 3 is 2.38 bits per heavy atom. The highest BCUT2D eigenvalue weighted by Crippen LogP contribution is 2.17. The summed E-state index contributed by atoms with van der Waals surface area (Å²) in [5, 5.41) is 0. The number of aromatic nitrogens is 2. The van der Waals surface area contributed by atoms with Gasteiger partial charge in [0.2, 0.25) is 0 Å². The molecule has 0 amide bonds. The minimum absolute atomic E-state index is 0.0687. The first-order valence-electron chi connectivity index (χ1n) is 8.21. The quantitative estimate of drug-likeness (QED) is 0.503. The van der Waals surface area contributed by atoms with Gasteiger partial charge >= 0.3 is 5.69 Å². The van der Waals surface area contributed by atoms with E-state index < -0.39 is 5.69 Å².